The average molecular weight is 358 g/mol. The zero-order valence-corrected chi connectivity index (χ0v) is 16.6. The summed E-state index contributed by atoms with van der Waals surface area (Å²) in [6.45, 7) is 8.99. The minimum Gasteiger partial charge on any atom is -0.481 e. The first-order valence-electron chi connectivity index (χ1n) is 10.1. The van der Waals surface area contributed by atoms with E-state index < -0.39 is 23.9 Å². The second-order valence-corrected chi connectivity index (χ2v) is 7.24. The van der Waals surface area contributed by atoms with Crippen LogP contribution in [-0.4, -0.2) is 34.7 Å². The van der Waals surface area contributed by atoms with Crippen LogP contribution in [0.15, 0.2) is 0 Å². The van der Waals surface area contributed by atoms with Crippen LogP contribution < -0.4 is 5.32 Å². The predicted molar refractivity (Wildman–Crippen MR) is 102 cm³/mol. The molecule has 3 unspecified atom stereocenters. The molecule has 0 aromatic heterocycles. The highest BCUT2D eigenvalue weighted by molar-refractivity contribution is 5.82. The van der Waals surface area contributed by atoms with Crippen molar-refractivity contribution < 1.29 is 19.8 Å². The van der Waals surface area contributed by atoms with Crippen molar-refractivity contribution in [3.05, 3.63) is 0 Å². The molecule has 0 aliphatic carbocycles. The normalized spacial score (nSPS) is 16.2. The van der Waals surface area contributed by atoms with Gasteiger partial charge in [0, 0.05) is 0 Å². The Labute approximate surface area is 153 Å². The molecule has 0 radical (unpaired) electrons. The molecule has 0 saturated heterocycles. The molecule has 0 rings (SSSR count). The van der Waals surface area contributed by atoms with E-state index in [4.69, 9.17) is 0 Å². The van der Waals surface area contributed by atoms with Gasteiger partial charge in [0.15, 0.2) is 0 Å². The highest BCUT2D eigenvalue weighted by Gasteiger charge is 2.35. The highest BCUT2D eigenvalue weighted by Crippen LogP contribution is 2.25. The average Bonchev–Trinajstić information content (AvgIpc) is 2.58. The molecule has 0 saturated carbocycles. The molecule has 148 valence electrons. The molecule has 0 heterocycles. The fraction of sp³-hybridized carbons (Fsp3) is 0.900. The third kappa shape index (κ3) is 9.83. The molecule has 0 aromatic carbocycles. The molecule has 5 heteroatoms. The molecular formula is C20H39NO4. The number of nitrogens with one attached hydrogen (secondary N) is 1. The lowest BCUT2D eigenvalue weighted by molar-refractivity contribution is -0.151. The summed E-state index contributed by atoms with van der Waals surface area (Å²) in [5.41, 5.74) is 0. The minimum absolute atomic E-state index is 0.270. The molecule has 0 amide bonds. The van der Waals surface area contributed by atoms with Gasteiger partial charge in [-0.05, 0) is 31.2 Å². The van der Waals surface area contributed by atoms with Crippen LogP contribution >= 0.6 is 0 Å². The van der Waals surface area contributed by atoms with Crippen molar-refractivity contribution in [1.82, 2.24) is 5.32 Å². The van der Waals surface area contributed by atoms with Gasteiger partial charge in [0.05, 0.1) is 5.92 Å². The molecule has 0 bridgehead atoms. The van der Waals surface area contributed by atoms with E-state index in [-0.39, 0.29) is 5.92 Å². The molecule has 0 spiro atoms. The molecule has 5 nitrogen and oxygen atoms in total. The summed E-state index contributed by atoms with van der Waals surface area (Å²) in [6, 6.07) is -1.01. The van der Waals surface area contributed by atoms with Gasteiger partial charge in [-0.1, -0.05) is 72.6 Å². The molecule has 3 N–H and O–H groups in total. The first-order valence-corrected chi connectivity index (χ1v) is 10.1. The van der Waals surface area contributed by atoms with Gasteiger partial charge in [-0.15, -0.1) is 0 Å². The third-order valence-corrected chi connectivity index (χ3v) is 5.29. The first kappa shape index (κ1) is 23.9. The van der Waals surface area contributed by atoms with Crippen molar-refractivity contribution in [2.24, 2.45) is 17.8 Å². The van der Waals surface area contributed by atoms with Gasteiger partial charge < -0.3 is 15.5 Å². The van der Waals surface area contributed by atoms with Crippen LogP contribution in [0.4, 0.5) is 0 Å². The van der Waals surface area contributed by atoms with Gasteiger partial charge in [-0.3, -0.25) is 9.59 Å². The largest absolute Gasteiger partial charge is 0.481 e. The molecule has 0 aromatic rings. The number of rotatable bonds is 16. The summed E-state index contributed by atoms with van der Waals surface area (Å²) < 4.78 is 0. The summed E-state index contributed by atoms with van der Waals surface area (Å²) in [7, 11) is 0. The van der Waals surface area contributed by atoms with Crippen LogP contribution in [0, 0.1) is 17.8 Å². The molecule has 0 fully saturated rings. The van der Waals surface area contributed by atoms with Crippen molar-refractivity contribution in [2.45, 2.75) is 91.5 Å². The monoisotopic (exact) mass is 357 g/mol. The third-order valence-electron chi connectivity index (χ3n) is 5.29. The number of carbonyl (C=O) groups is 2. The highest BCUT2D eigenvalue weighted by atomic mass is 16.4. The summed E-state index contributed by atoms with van der Waals surface area (Å²) in [5, 5.41) is 22.3. The van der Waals surface area contributed by atoms with Crippen molar-refractivity contribution in [3.63, 3.8) is 0 Å². The van der Waals surface area contributed by atoms with E-state index in [0.717, 1.165) is 51.4 Å². The molecule has 25 heavy (non-hydrogen) atoms. The standard InChI is InChI=1S/C20H39NO4/c1-5-9-11-15(7-3)13-17(19(22)23)18(20(24)25)21-14-16(8-4)12-10-6-2/h15-18,21H,5-14H2,1-4H3,(H,22,23)(H,24,25)/t15?,16?,17?,18-/m0/s1. The quantitative estimate of drug-likeness (QED) is 0.377. The fourth-order valence-corrected chi connectivity index (χ4v) is 3.36. The zero-order chi connectivity index (χ0) is 19.2. The second kappa shape index (κ2) is 14.1. The Hall–Kier alpha value is -1.10. The SMILES string of the molecule is CCCCC(CC)CN[C@H](C(=O)O)C(CC(CC)CCCC)C(=O)O. The summed E-state index contributed by atoms with van der Waals surface area (Å²) in [5.74, 6) is -2.26. The Morgan fingerprint density at radius 2 is 1.36 bits per heavy atom. The van der Waals surface area contributed by atoms with Crippen LogP contribution in [0.1, 0.15) is 85.5 Å². The van der Waals surface area contributed by atoms with Crippen LogP contribution in [0.5, 0.6) is 0 Å². The lowest BCUT2D eigenvalue weighted by Crippen LogP contribution is -2.48. The Balaban J connectivity index is 4.94. The predicted octanol–water partition coefficient (Wildman–Crippen LogP) is 4.55. The van der Waals surface area contributed by atoms with E-state index in [1.165, 1.54) is 0 Å². The molecule has 0 aliphatic rings. The molecule has 4 atom stereocenters. The first-order chi connectivity index (χ1) is 11.9. The van der Waals surface area contributed by atoms with Crippen LogP contribution in [0.3, 0.4) is 0 Å². The maximum atomic E-state index is 11.8. The van der Waals surface area contributed by atoms with Gasteiger partial charge >= 0.3 is 11.9 Å². The lowest BCUT2D eigenvalue weighted by Gasteiger charge is -2.27. The van der Waals surface area contributed by atoms with E-state index >= 15 is 0 Å². The summed E-state index contributed by atoms with van der Waals surface area (Å²) in [6.07, 6.45) is 8.70. The van der Waals surface area contributed by atoms with Crippen LogP contribution in [0.2, 0.25) is 0 Å². The molecule has 0 aliphatic heterocycles. The Morgan fingerprint density at radius 3 is 1.76 bits per heavy atom. The smallest absolute Gasteiger partial charge is 0.321 e. The number of carboxylic acids is 2. The van der Waals surface area contributed by atoms with Crippen molar-refractivity contribution in [3.8, 4) is 0 Å². The van der Waals surface area contributed by atoms with E-state index in [2.05, 4.69) is 33.0 Å². The van der Waals surface area contributed by atoms with Crippen LogP contribution in [-0.2, 0) is 9.59 Å². The lowest BCUT2D eigenvalue weighted by atomic mass is 9.84. The summed E-state index contributed by atoms with van der Waals surface area (Å²) >= 11 is 0. The minimum atomic E-state index is -1.05. The second-order valence-electron chi connectivity index (χ2n) is 7.24. The summed E-state index contributed by atoms with van der Waals surface area (Å²) in [4.78, 5) is 23.5. The van der Waals surface area contributed by atoms with Gasteiger partial charge in [0.2, 0.25) is 0 Å². The number of aliphatic carboxylic acids is 2. The van der Waals surface area contributed by atoms with E-state index in [0.29, 0.717) is 18.9 Å². The van der Waals surface area contributed by atoms with E-state index in [9.17, 15) is 19.8 Å². The Bertz CT molecular complexity index is 373. The Morgan fingerprint density at radius 1 is 0.840 bits per heavy atom. The van der Waals surface area contributed by atoms with Crippen molar-refractivity contribution in [2.75, 3.05) is 6.54 Å². The van der Waals surface area contributed by atoms with E-state index in [1.807, 2.05) is 0 Å². The van der Waals surface area contributed by atoms with Gasteiger partial charge in [-0.25, -0.2) is 0 Å². The number of unbranched alkanes of at least 4 members (excludes halogenated alkanes) is 2. The Kier molecular flexibility index (Phi) is 13.5. The van der Waals surface area contributed by atoms with Gasteiger partial charge in [0.25, 0.3) is 0 Å². The number of hydrogen-bond acceptors (Lipinski definition) is 3. The number of hydrogen-bond donors (Lipinski definition) is 3. The fourth-order valence-electron chi connectivity index (χ4n) is 3.36. The van der Waals surface area contributed by atoms with Gasteiger partial charge in [0.1, 0.15) is 6.04 Å². The van der Waals surface area contributed by atoms with Crippen molar-refractivity contribution >= 4 is 11.9 Å². The maximum Gasteiger partial charge on any atom is 0.321 e. The van der Waals surface area contributed by atoms with Gasteiger partial charge in [-0.2, -0.15) is 0 Å². The topological polar surface area (TPSA) is 86.6 Å². The van der Waals surface area contributed by atoms with E-state index in [1.54, 1.807) is 0 Å². The maximum absolute atomic E-state index is 11.8. The zero-order valence-electron chi connectivity index (χ0n) is 16.6. The number of carboxylic acid groups (broad SMARTS) is 2. The molecular weight excluding hydrogens is 318 g/mol. The van der Waals surface area contributed by atoms with Crippen LogP contribution in [0.25, 0.3) is 0 Å². The van der Waals surface area contributed by atoms with Crippen molar-refractivity contribution in [1.29, 1.82) is 0 Å².